The second-order valence-corrected chi connectivity index (χ2v) is 17.8. The quantitative estimate of drug-likeness (QED) is 0.228. The predicted octanol–water partition coefficient (Wildman–Crippen LogP) is 6.32. The predicted molar refractivity (Wildman–Crippen MR) is 204 cm³/mol. The first-order chi connectivity index (χ1) is 25.3. The molecule has 12 heteroatoms. The van der Waals surface area contributed by atoms with Crippen molar-refractivity contribution in [3.05, 3.63) is 70.5 Å². The molecule has 0 radical (unpaired) electrons. The molecule has 3 aliphatic heterocycles. The Morgan fingerprint density at radius 2 is 1.60 bits per heavy atom. The highest BCUT2D eigenvalue weighted by atomic mass is 32.2. The number of ether oxygens (including phenoxy) is 1. The number of nitrogens with zero attached hydrogens (tertiary/aromatic N) is 5. The maximum Gasteiger partial charge on any atom is 0.300 e. The van der Waals surface area contributed by atoms with Crippen LogP contribution in [0, 0.1) is 19.3 Å². The van der Waals surface area contributed by atoms with Crippen molar-refractivity contribution in [2.75, 3.05) is 27.2 Å². The molecule has 8 rings (SSSR count). The lowest BCUT2D eigenvalue weighted by molar-refractivity contribution is -0.149. The summed E-state index contributed by atoms with van der Waals surface area (Å²) < 4.78 is 37.0. The number of aromatic nitrogens is 3. The van der Waals surface area contributed by atoms with Gasteiger partial charge in [-0.3, -0.25) is 9.59 Å². The van der Waals surface area contributed by atoms with Gasteiger partial charge in [0.2, 0.25) is 5.91 Å². The number of hydrogen-bond donors (Lipinski definition) is 1. The van der Waals surface area contributed by atoms with E-state index < -0.39 is 26.5 Å². The Bertz CT molecular complexity index is 2210. The van der Waals surface area contributed by atoms with E-state index in [9.17, 15) is 13.2 Å². The third-order valence-corrected chi connectivity index (χ3v) is 13.7. The van der Waals surface area contributed by atoms with Crippen molar-refractivity contribution in [1.82, 2.24) is 29.1 Å². The van der Waals surface area contributed by atoms with Crippen LogP contribution in [0.1, 0.15) is 104 Å². The van der Waals surface area contributed by atoms with E-state index in [0.29, 0.717) is 23.9 Å². The molecule has 4 aromatic rings. The highest BCUT2D eigenvalue weighted by Crippen LogP contribution is 2.53. The second-order valence-electron chi connectivity index (χ2n) is 16.2. The number of carbonyl (C=O) groups excluding carboxylic acids is 2. The fourth-order valence-corrected chi connectivity index (χ4v) is 10.8. The highest BCUT2D eigenvalue weighted by Gasteiger charge is 2.52. The minimum atomic E-state index is -4.34. The van der Waals surface area contributed by atoms with Gasteiger partial charge in [-0.1, -0.05) is 32.3 Å². The maximum absolute atomic E-state index is 15.3. The fourth-order valence-electron chi connectivity index (χ4n) is 9.86. The topological polar surface area (TPSA) is 127 Å². The zero-order valence-electron chi connectivity index (χ0n) is 31.6. The Hall–Kier alpha value is -4.29. The number of rotatable bonds is 6. The number of sulfonamides is 1. The van der Waals surface area contributed by atoms with E-state index in [2.05, 4.69) is 62.1 Å². The number of likely N-dealkylation sites (N-methyl/N-ethyl adjacent to an activating group) is 1. The molecule has 2 aromatic heterocycles. The van der Waals surface area contributed by atoms with Crippen LogP contribution in [0.4, 0.5) is 0 Å². The maximum atomic E-state index is 15.3. The lowest BCUT2D eigenvalue weighted by Gasteiger charge is -2.45. The molecule has 3 fully saturated rings. The summed E-state index contributed by atoms with van der Waals surface area (Å²) in [6.07, 6.45) is 7.63. The van der Waals surface area contributed by atoms with Crippen LogP contribution in [-0.4, -0.2) is 83.9 Å². The Morgan fingerprint density at radius 3 is 2.26 bits per heavy atom. The molecule has 53 heavy (non-hydrogen) atoms. The van der Waals surface area contributed by atoms with E-state index >= 15 is 4.79 Å². The van der Waals surface area contributed by atoms with Gasteiger partial charge in [-0.05, 0) is 113 Å². The first-order valence-electron chi connectivity index (χ1n) is 19.0. The summed E-state index contributed by atoms with van der Waals surface area (Å²) >= 11 is 0. The van der Waals surface area contributed by atoms with Crippen LogP contribution in [0.15, 0.2) is 47.6 Å². The van der Waals surface area contributed by atoms with Gasteiger partial charge in [0.15, 0.2) is 0 Å². The number of piperazine rings is 1. The average molecular weight is 739 g/mol. The fraction of sp³-hybridized carbons (Fsp3) is 0.512. The molecule has 2 saturated heterocycles. The van der Waals surface area contributed by atoms with Gasteiger partial charge in [-0.2, -0.15) is 8.42 Å². The molecule has 1 N–H and O–H groups in total. The average Bonchev–Trinajstić information content (AvgIpc) is 3.56. The lowest BCUT2D eigenvalue weighted by atomic mass is 9.72. The number of methoxy groups -OCH3 is 1. The van der Waals surface area contributed by atoms with Gasteiger partial charge >= 0.3 is 0 Å². The Morgan fingerprint density at radius 1 is 0.925 bits per heavy atom. The van der Waals surface area contributed by atoms with Crippen molar-refractivity contribution in [1.29, 1.82) is 0 Å². The van der Waals surface area contributed by atoms with Crippen molar-refractivity contribution < 1.29 is 22.7 Å². The second kappa shape index (κ2) is 13.2. The monoisotopic (exact) mass is 738 g/mol. The smallest absolute Gasteiger partial charge is 0.300 e. The largest absolute Gasteiger partial charge is 0.497 e. The van der Waals surface area contributed by atoms with E-state index in [-0.39, 0.29) is 29.5 Å². The van der Waals surface area contributed by atoms with Crippen LogP contribution >= 0.6 is 0 Å². The molecule has 280 valence electrons. The van der Waals surface area contributed by atoms with Crippen molar-refractivity contribution in [3.63, 3.8) is 0 Å². The molecule has 2 aromatic carbocycles. The summed E-state index contributed by atoms with van der Waals surface area (Å²) in [6.45, 7) is 9.83. The van der Waals surface area contributed by atoms with Crippen LogP contribution in [0.3, 0.4) is 0 Å². The van der Waals surface area contributed by atoms with Crippen LogP contribution in [0.5, 0.6) is 5.75 Å². The van der Waals surface area contributed by atoms with Crippen molar-refractivity contribution in [2.45, 2.75) is 108 Å². The van der Waals surface area contributed by atoms with Crippen LogP contribution in [0.25, 0.3) is 22.2 Å². The minimum absolute atomic E-state index is 0.150. The van der Waals surface area contributed by atoms with Gasteiger partial charge in [0.25, 0.3) is 21.1 Å². The molecule has 2 bridgehead atoms. The molecular formula is C41H50N6O5S. The van der Waals surface area contributed by atoms with Crippen molar-refractivity contribution in [3.8, 4) is 17.0 Å². The normalized spacial score (nSPS) is 24.8. The van der Waals surface area contributed by atoms with E-state index in [4.69, 9.17) is 4.74 Å². The molecule has 2 amide bonds. The molecule has 5 heterocycles. The third kappa shape index (κ3) is 6.02. The van der Waals surface area contributed by atoms with E-state index in [1.165, 1.54) is 12.0 Å². The Balaban J connectivity index is 1.30. The van der Waals surface area contributed by atoms with Gasteiger partial charge in [-0.25, -0.2) is 14.7 Å². The van der Waals surface area contributed by atoms with E-state index in [1.54, 1.807) is 33.1 Å². The van der Waals surface area contributed by atoms with Crippen LogP contribution in [0.2, 0.25) is 0 Å². The molecule has 11 nitrogen and oxygen atoms in total. The number of aryl methyl sites for hydroxylation is 2. The highest BCUT2D eigenvalue weighted by molar-refractivity contribution is 7.89. The number of fused-ring (bicyclic) bond motifs is 7. The number of hydrogen-bond acceptors (Lipinski definition) is 8. The molecule has 4 unspecified atom stereocenters. The molecular weight excluding hydrogens is 689 g/mol. The minimum Gasteiger partial charge on any atom is -0.497 e. The van der Waals surface area contributed by atoms with Gasteiger partial charge in [0.1, 0.15) is 5.75 Å². The summed E-state index contributed by atoms with van der Waals surface area (Å²) in [5.41, 5.74) is 5.68. The van der Waals surface area contributed by atoms with Crippen LogP contribution < -0.4 is 9.46 Å². The molecule has 0 spiro atoms. The number of benzene rings is 2. The first-order valence-corrected chi connectivity index (χ1v) is 20.5. The molecule has 1 saturated carbocycles. The molecule has 4 atom stereocenters. The number of carbonyl (C=O) groups is 2. The Kier molecular flexibility index (Phi) is 8.92. The van der Waals surface area contributed by atoms with Gasteiger partial charge < -0.3 is 19.1 Å². The summed E-state index contributed by atoms with van der Waals surface area (Å²) in [5.74, 6) is 0.318. The SMILES string of the molecule is COc1ccc2c(c1)C(C)C(C)(C(=O)N1C3CCC1CN(C)C3)Cn1c-2c(C2CCCCC2)c2ccc(C(=O)NS(=O)(=O)c3nc(C)cc(C)n3)cc21. The molecule has 4 aliphatic rings. The van der Waals surface area contributed by atoms with E-state index in [1.807, 2.05) is 18.2 Å². The van der Waals surface area contributed by atoms with Crippen LogP contribution in [-0.2, 0) is 21.4 Å². The number of likely N-dealkylation sites (tertiary alicyclic amines) is 1. The lowest BCUT2D eigenvalue weighted by Crippen LogP contribution is -2.59. The molecule has 1 aliphatic carbocycles. The summed E-state index contributed by atoms with van der Waals surface area (Å²) in [6, 6.07) is 13.8. The van der Waals surface area contributed by atoms with E-state index in [0.717, 1.165) is 85.1 Å². The number of amides is 2. The third-order valence-electron chi connectivity index (χ3n) is 12.6. The first kappa shape index (κ1) is 35.7. The summed E-state index contributed by atoms with van der Waals surface area (Å²) in [4.78, 5) is 41.8. The summed E-state index contributed by atoms with van der Waals surface area (Å²) in [7, 11) is -0.517. The van der Waals surface area contributed by atoms with Gasteiger partial charge in [0.05, 0.1) is 18.2 Å². The summed E-state index contributed by atoms with van der Waals surface area (Å²) in [5, 5.41) is 0.600. The van der Waals surface area contributed by atoms with Crippen molar-refractivity contribution >= 4 is 32.7 Å². The zero-order chi connectivity index (χ0) is 37.4. The van der Waals surface area contributed by atoms with Gasteiger partial charge in [0, 0.05) is 65.1 Å². The zero-order valence-corrected chi connectivity index (χ0v) is 32.4. The van der Waals surface area contributed by atoms with Gasteiger partial charge in [-0.15, -0.1) is 0 Å². The number of nitrogens with one attached hydrogen (secondary N) is 1. The Labute approximate surface area is 312 Å². The standard InChI is InChI=1S/C41H50N6O5S/c1-24-18-25(2)43-40(42-24)53(50,51)44-38(48)28-12-16-33-35(19-28)46-23-41(4,39(49)47-29-13-14-30(47)22-45(5)21-29)26(3)34-20-31(52-6)15-17-32(34)37(46)36(33)27-10-8-7-9-11-27/h12,15-20,26-27,29-30H,7-11,13-14,21-23H2,1-6H3,(H,44,48). The van der Waals surface area contributed by atoms with Crippen molar-refractivity contribution in [2.24, 2.45) is 5.41 Å².